The van der Waals surface area contributed by atoms with Crippen molar-refractivity contribution in [3.05, 3.63) is 60.2 Å². The molecule has 2 rings (SSSR count). The highest BCUT2D eigenvalue weighted by molar-refractivity contribution is 7.80. The van der Waals surface area contributed by atoms with Crippen LogP contribution in [0.3, 0.4) is 0 Å². The Hall–Kier alpha value is -2.20. The molecule has 0 bridgehead atoms. The molecule has 20 heavy (non-hydrogen) atoms. The molecule has 0 aliphatic heterocycles. The van der Waals surface area contributed by atoms with Gasteiger partial charge in [-0.15, -0.1) is 0 Å². The number of benzene rings is 2. The van der Waals surface area contributed by atoms with Crippen LogP contribution >= 0.6 is 12.2 Å². The summed E-state index contributed by atoms with van der Waals surface area (Å²) >= 11 is 5.02. The molecule has 0 aliphatic rings. The first-order chi connectivity index (χ1) is 9.79. The molecule has 3 nitrogen and oxygen atoms in total. The molecule has 0 saturated carbocycles. The summed E-state index contributed by atoms with van der Waals surface area (Å²) in [5.74, 6) is 0. The SMILES string of the molecule is CCNC(=S)NN=Cc1ccc(-c2ccccc2)cc1. The molecule has 0 spiro atoms. The smallest absolute Gasteiger partial charge is 0.186 e. The minimum Gasteiger partial charge on any atom is -0.362 e. The van der Waals surface area contributed by atoms with Crippen LogP contribution in [0.5, 0.6) is 0 Å². The molecule has 0 amide bonds. The van der Waals surface area contributed by atoms with Crippen molar-refractivity contribution in [2.45, 2.75) is 6.92 Å². The number of hydrogen-bond donors (Lipinski definition) is 2. The Morgan fingerprint density at radius 1 is 1.05 bits per heavy atom. The fourth-order valence-corrected chi connectivity index (χ4v) is 1.95. The number of hydrazone groups is 1. The van der Waals surface area contributed by atoms with Crippen LogP contribution in [0.4, 0.5) is 0 Å². The van der Waals surface area contributed by atoms with Crippen molar-refractivity contribution in [2.24, 2.45) is 5.10 Å². The van der Waals surface area contributed by atoms with Gasteiger partial charge in [0.25, 0.3) is 0 Å². The third-order valence-corrected chi connectivity index (χ3v) is 2.97. The van der Waals surface area contributed by atoms with Crippen LogP contribution in [0.15, 0.2) is 59.7 Å². The van der Waals surface area contributed by atoms with E-state index in [0.717, 1.165) is 12.1 Å². The van der Waals surface area contributed by atoms with Crippen LogP contribution in [-0.4, -0.2) is 17.9 Å². The minimum absolute atomic E-state index is 0.532. The van der Waals surface area contributed by atoms with Crippen molar-refractivity contribution in [1.29, 1.82) is 0 Å². The van der Waals surface area contributed by atoms with Gasteiger partial charge in [-0.2, -0.15) is 5.10 Å². The average Bonchev–Trinajstić information content (AvgIpc) is 2.49. The second-order valence-corrected chi connectivity index (χ2v) is 4.63. The van der Waals surface area contributed by atoms with Crippen molar-refractivity contribution >= 4 is 23.5 Å². The second kappa shape index (κ2) is 7.40. The van der Waals surface area contributed by atoms with E-state index < -0.39 is 0 Å². The number of rotatable bonds is 4. The maximum atomic E-state index is 5.02. The Morgan fingerprint density at radius 2 is 1.70 bits per heavy atom. The molecular weight excluding hydrogens is 266 g/mol. The lowest BCUT2D eigenvalue weighted by molar-refractivity contribution is 0.904. The topological polar surface area (TPSA) is 36.4 Å². The fourth-order valence-electron chi connectivity index (χ4n) is 1.76. The lowest BCUT2D eigenvalue weighted by atomic mass is 10.0. The molecule has 0 atom stereocenters. The van der Waals surface area contributed by atoms with E-state index in [1.807, 2.05) is 37.3 Å². The van der Waals surface area contributed by atoms with Crippen LogP contribution in [-0.2, 0) is 0 Å². The molecule has 0 unspecified atom stereocenters. The van der Waals surface area contributed by atoms with Crippen molar-refractivity contribution in [3.8, 4) is 11.1 Å². The van der Waals surface area contributed by atoms with E-state index in [0.29, 0.717) is 5.11 Å². The van der Waals surface area contributed by atoms with Gasteiger partial charge in [0.2, 0.25) is 0 Å². The molecule has 0 aliphatic carbocycles. The van der Waals surface area contributed by atoms with Crippen molar-refractivity contribution in [2.75, 3.05) is 6.54 Å². The molecule has 102 valence electrons. The number of thiocarbonyl (C=S) groups is 1. The highest BCUT2D eigenvalue weighted by Crippen LogP contribution is 2.18. The van der Waals surface area contributed by atoms with Crippen LogP contribution in [0, 0.1) is 0 Å². The van der Waals surface area contributed by atoms with E-state index in [4.69, 9.17) is 12.2 Å². The van der Waals surface area contributed by atoms with Crippen molar-refractivity contribution in [1.82, 2.24) is 10.7 Å². The fraction of sp³-hybridized carbons (Fsp3) is 0.125. The summed E-state index contributed by atoms with van der Waals surface area (Å²) in [5.41, 5.74) is 6.20. The van der Waals surface area contributed by atoms with E-state index in [-0.39, 0.29) is 0 Å². The van der Waals surface area contributed by atoms with Crippen LogP contribution < -0.4 is 10.7 Å². The molecule has 4 heteroatoms. The van der Waals surface area contributed by atoms with Gasteiger partial charge in [0.15, 0.2) is 5.11 Å². The van der Waals surface area contributed by atoms with Gasteiger partial charge >= 0.3 is 0 Å². The summed E-state index contributed by atoms with van der Waals surface area (Å²) in [5, 5.41) is 7.58. The molecule has 0 heterocycles. The number of nitrogens with one attached hydrogen (secondary N) is 2. The zero-order valence-electron chi connectivity index (χ0n) is 11.3. The summed E-state index contributed by atoms with van der Waals surface area (Å²) < 4.78 is 0. The van der Waals surface area contributed by atoms with Gasteiger partial charge in [-0.05, 0) is 35.8 Å². The minimum atomic E-state index is 0.532. The molecule has 2 aromatic carbocycles. The highest BCUT2D eigenvalue weighted by Gasteiger charge is 1.96. The van der Waals surface area contributed by atoms with E-state index in [1.54, 1.807) is 6.21 Å². The molecule has 2 N–H and O–H groups in total. The van der Waals surface area contributed by atoms with Gasteiger partial charge in [0.05, 0.1) is 6.21 Å². The van der Waals surface area contributed by atoms with Crippen LogP contribution in [0.25, 0.3) is 11.1 Å². The summed E-state index contributed by atoms with van der Waals surface area (Å²) in [7, 11) is 0. The third kappa shape index (κ3) is 4.17. The van der Waals surface area contributed by atoms with E-state index in [9.17, 15) is 0 Å². The number of nitrogens with zero attached hydrogens (tertiary/aromatic N) is 1. The largest absolute Gasteiger partial charge is 0.362 e. The van der Waals surface area contributed by atoms with E-state index in [1.165, 1.54) is 11.1 Å². The predicted molar refractivity (Wildman–Crippen MR) is 88.9 cm³/mol. The Labute approximate surface area is 124 Å². The van der Waals surface area contributed by atoms with Crippen LogP contribution in [0.2, 0.25) is 0 Å². The zero-order valence-corrected chi connectivity index (χ0v) is 12.2. The Morgan fingerprint density at radius 3 is 2.35 bits per heavy atom. The molecule has 0 aromatic heterocycles. The van der Waals surface area contributed by atoms with E-state index in [2.05, 4.69) is 40.1 Å². The van der Waals surface area contributed by atoms with Crippen molar-refractivity contribution in [3.63, 3.8) is 0 Å². The first-order valence-corrected chi connectivity index (χ1v) is 6.93. The van der Waals surface area contributed by atoms with Crippen LogP contribution in [0.1, 0.15) is 12.5 Å². The quantitative estimate of drug-likeness (QED) is 0.514. The summed E-state index contributed by atoms with van der Waals surface area (Å²) in [4.78, 5) is 0. The van der Waals surface area contributed by atoms with Gasteiger partial charge in [0, 0.05) is 6.54 Å². The van der Waals surface area contributed by atoms with Gasteiger partial charge < -0.3 is 5.32 Å². The molecule has 2 aromatic rings. The molecule has 0 fully saturated rings. The average molecular weight is 283 g/mol. The standard InChI is InChI=1S/C16H17N3S/c1-2-17-16(20)19-18-12-13-8-10-15(11-9-13)14-6-4-3-5-7-14/h3-12H,2H2,1H3,(H2,17,19,20). The van der Waals surface area contributed by atoms with E-state index >= 15 is 0 Å². The molecule has 0 radical (unpaired) electrons. The third-order valence-electron chi connectivity index (χ3n) is 2.73. The normalized spacial score (nSPS) is 10.4. The zero-order chi connectivity index (χ0) is 14.2. The second-order valence-electron chi connectivity index (χ2n) is 4.22. The maximum absolute atomic E-state index is 5.02. The molecule has 0 saturated heterocycles. The van der Waals surface area contributed by atoms with Gasteiger partial charge in [-0.1, -0.05) is 54.6 Å². The first kappa shape index (κ1) is 14.2. The van der Waals surface area contributed by atoms with Gasteiger partial charge in [-0.25, -0.2) is 0 Å². The van der Waals surface area contributed by atoms with Gasteiger partial charge in [-0.3, -0.25) is 5.43 Å². The number of hydrogen-bond acceptors (Lipinski definition) is 2. The summed E-state index contributed by atoms with van der Waals surface area (Å²) in [6.07, 6.45) is 1.75. The first-order valence-electron chi connectivity index (χ1n) is 6.52. The van der Waals surface area contributed by atoms with Gasteiger partial charge in [0.1, 0.15) is 0 Å². The van der Waals surface area contributed by atoms with Crippen molar-refractivity contribution < 1.29 is 0 Å². The Bertz CT molecular complexity index is 576. The Kier molecular flexibility index (Phi) is 5.26. The highest BCUT2D eigenvalue weighted by atomic mass is 32.1. The summed E-state index contributed by atoms with van der Waals surface area (Å²) in [6, 6.07) is 18.5. The lowest BCUT2D eigenvalue weighted by Crippen LogP contribution is -2.31. The monoisotopic (exact) mass is 283 g/mol. The maximum Gasteiger partial charge on any atom is 0.186 e. The summed E-state index contributed by atoms with van der Waals surface area (Å²) in [6.45, 7) is 2.77. The molecular formula is C16H17N3S. The Balaban J connectivity index is 1.98. The lowest BCUT2D eigenvalue weighted by Gasteiger charge is -2.03. The predicted octanol–water partition coefficient (Wildman–Crippen LogP) is 3.17.